The van der Waals surface area contributed by atoms with Crippen molar-refractivity contribution in [3.8, 4) is 0 Å². The first-order valence-corrected chi connectivity index (χ1v) is 5.54. The first kappa shape index (κ1) is 12.8. The predicted octanol–water partition coefficient (Wildman–Crippen LogP) is 3.31. The third-order valence-corrected chi connectivity index (χ3v) is 3.02. The molecule has 0 fully saturated rings. The van der Waals surface area contributed by atoms with E-state index in [1.807, 2.05) is 19.9 Å². The van der Waals surface area contributed by atoms with Crippen LogP contribution in [0.1, 0.15) is 25.8 Å². The molecule has 1 atom stereocenters. The van der Waals surface area contributed by atoms with E-state index in [0.717, 1.165) is 11.3 Å². The van der Waals surface area contributed by atoms with Crippen molar-refractivity contribution in [3.63, 3.8) is 0 Å². The van der Waals surface area contributed by atoms with Crippen molar-refractivity contribution in [3.05, 3.63) is 28.8 Å². The van der Waals surface area contributed by atoms with Crippen LogP contribution in [0.15, 0.2) is 18.2 Å². The van der Waals surface area contributed by atoms with Crippen molar-refractivity contribution >= 4 is 23.3 Å². The van der Waals surface area contributed by atoms with Crippen molar-refractivity contribution in [1.82, 2.24) is 0 Å². The fraction of sp³-hybridized carbons (Fsp3) is 0.417. The minimum Gasteiger partial charge on any atom is -0.480 e. The maximum absolute atomic E-state index is 11.2. The van der Waals surface area contributed by atoms with Crippen LogP contribution < -0.4 is 5.32 Å². The average Bonchev–Trinajstić information content (AvgIpc) is 2.23. The second-order valence-electron chi connectivity index (χ2n) is 4.08. The van der Waals surface area contributed by atoms with Crippen molar-refractivity contribution in [2.75, 3.05) is 5.32 Å². The molecule has 0 saturated heterocycles. The molecule has 0 amide bonds. The topological polar surface area (TPSA) is 49.3 Å². The number of hydrogen-bond acceptors (Lipinski definition) is 2. The zero-order chi connectivity index (χ0) is 12.3. The zero-order valence-corrected chi connectivity index (χ0v) is 10.4. The maximum Gasteiger partial charge on any atom is 0.329 e. The highest BCUT2D eigenvalue weighted by atomic mass is 35.5. The Hall–Kier alpha value is -1.22. The van der Waals surface area contributed by atoms with Gasteiger partial charge >= 0.3 is 5.97 Å². The van der Waals surface area contributed by atoms with Gasteiger partial charge in [-0.3, -0.25) is 0 Å². The average molecular weight is 242 g/mol. The summed E-state index contributed by atoms with van der Waals surface area (Å²) in [5.74, 6) is -0.866. The van der Waals surface area contributed by atoms with E-state index in [-0.39, 0.29) is 0 Å². The lowest BCUT2D eigenvalue weighted by molar-refractivity contribution is -0.141. The van der Waals surface area contributed by atoms with Gasteiger partial charge in [0.2, 0.25) is 0 Å². The minimum atomic E-state index is -0.963. The number of carboxylic acid groups (broad SMARTS) is 1. The highest BCUT2D eigenvalue weighted by molar-refractivity contribution is 6.30. The monoisotopic (exact) mass is 241 g/mol. The summed E-state index contributed by atoms with van der Waals surface area (Å²) in [5, 5.41) is 12.8. The Morgan fingerprint density at radius 1 is 1.56 bits per heavy atom. The van der Waals surface area contributed by atoms with Crippen molar-refractivity contribution in [1.29, 1.82) is 0 Å². The van der Waals surface area contributed by atoms with Gasteiger partial charge < -0.3 is 10.4 Å². The second-order valence-corrected chi connectivity index (χ2v) is 4.51. The third-order valence-electron chi connectivity index (χ3n) is 2.79. The molecule has 0 radical (unpaired) electrons. The van der Waals surface area contributed by atoms with Crippen molar-refractivity contribution < 1.29 is 9.90 Å². The Bertz CT molecular complexity index is 406. The highest BCUT2D eigenvalue weighted by Gasteiger charge is 2.31. The molecule has 0 aromatic heterocycles. The Balaban J connectivity index is 3.03. The van der Waals surface area contributed by atoms with Gasteiger partial charge in [-0.2, -0.15) is 0 Å². The number of aryl methyl sites for hydroxylation is 1. The largest absolute Gasteiger partial charge is 0.480 e. The lowest BCUT2D eigenvalue weighted by Crippen LogP contribution is -2.42. The summed E-state index contributed by atoms with van der Waals surface area (Å²) in [6.07, 6.45) is 0.494. The summed E-state index contributed by atoms with van der Waals surface area (Å²) in [5.41, 5.74) is 0.777. The van der Waals surface area contributed by atoms with Gasteiger partial charge in [-0.1, -0.05) is 24.6 Å². The molecule has 0 spiro atoms. The summed E-state index contributed by atoms with van der Waals surface area (Å²) >= 11 is 5.88. The second kappa shape index (κ2) is 4.74. The van der Waals surface area contributed by atoms with Crippen LogP contribution in [0.2, 0.25) is 5.02 Å². The minimum absolute atomic E-state index is 0.494. The van der Waals surface area contributed by atoms with Crippen LogP contribution >= 0.6 is 11.6 Å². The SMILES string of the molecule is CCC(C)(Nc1cc(Cl)ccc1C)C(=O)O. The van der Waals surface area contributed by atoms with E-state index in [4.69, 9.17) is 16.7 Å². The normalized spacial score (nSPS) is 14.2. The molecule has 16 heavy (non-hydrogen) atoms. The Morgan fingerprint density at radius 2 is 2.19 bits per heavy atom. The number of hydrogen-bond donors (Lipinski definition) is 2. The van der Waals surface area contributed by atoms with Crippen LogP contribution in [0, 0.1) is 6.92 Å². The van der Waals surface area contributed by atoms with Gasteiger partial charge in [-0.15, -0.1) is 0 Å². The van der Waals surface area contributed by atoms with E-state index < -0.39 is 11.5 Å². The summed E-state index contributed by atoms with van der Waals surface area (Å²) in [7, 11) is 0. The quantitative estimate of drug-likeness (QED) is 0.850. The van der Waals surface area contributed by atoms with Gasteiger partial charge in [-0.25, -0.2) is 4.79 Å². The standard InChI is InChI=1S/C12H16ClNO2/c1-4-12(3,11(15)16)14-10-7-9(13)6-5-8(10)2/h5-7,14H,4H2,1-3H3,(H,15,16). The van der Waals surface area contributed by atoms with Gasteiger partial charge in [-0.05, 0) is 38.0 Å². The number of anilines is 1. The third kappa shape index (κ3) is 2.67. The molecule has 0 aliphatic rings. The molecule has 4 heteroatoms. The van der Waals surface area contributed by atoms with Gasteiger partial charge in [0.05, 0.1) is 0 Å². The summed E-state index contributed by atoms with van der Waals surface area (Å²) in [6.45, 7) is 5.41. The lowest BCUT2D eigenvalue weighted by atomic mass is 9.98. The molecule has 1 aromatic rings. The van der Waals surface area contributed by atoms with E-state index in [1.54, 1.807) is 19.1 Å². The van der Waals surface area contributed by atoms with Crippen LogP contribution in [0.5, 0.6) is 0 Å². The molecular formula is C12H16ClNO2. The first-order valence-electron chi connectivity index (χ1n) is 5.17. The zero-order valence-electron chi connectivity index (χ0n) is 9.67. The number of aliphatic carboxylic acids is 1. The molecule has 0 heterocycles. The van der Waals surface area contributed by atoms with Crippen LogP contribution in [-0.4, -0.2) is 16.6 Å². The molecule has 88 valence electrons. The summed E-state index contributed by atoms with van der Waals surface area (Å²) in [4.78, 5) is 11.2. The molecule has 1 aromatic carbocycles. The summed E-state index contributed by atoms with van der Waals surface area (Å²) < 4.78 is 0. The molecule has 2 N–H and O–H groups in total. The molecule has 0 aliphatic heterocycles. The number of halogens is 1. The van der Waals surface area contributed by atoms with Crippen LogP contribution in [-0.2, 0) is 4.79 Å². The van der Waals surface area contributed by atoms with E-state index in [9.17, 15) is 4.79 Å². The Labute approximate surface area is 100 Å². The fourth-order valence-electron chi connectivity index (χ4n) is 1.32. The molecule has 1 unspecified atom stereocenters. The van der Waals surface area contributed by atoms with Crippen molar-refractivity contribution in [2.24, 2.45) is 0 Å². The van der Waals surface area contributed by atoms with E-state index in [2.05, 4.69) is 5.32 Å². The smallest absolute Gasteiger partial charge is 0.329 e. The maximum atomic E-state index is 11.2. The number of carboxylic acids is 1. The number of carbonyl (C=O) groups is 1. The summed E-state index contributed by atoms with van der Waals surface area (Å²) in [6, 6.07) is 5.39. The number of benzene rings is 1. The fourth-order valence-corrected chi connectivity index (χ4v) is 1.49. The number of rotatable bonds is 4. The van der Waals surface area contributed by atoms with E-state index in [1.165, 1.54) is 0 Å². The Morgan fingerprint density at radius 3 is 2.69 bits per heavy atom. The predicted molar refractivity (Wildman–Crippen MR) is 66.1 cm³/mol. The van der Waals surface area contributed by atoms with Crippen LogP contribution in [0.4, 0.5) is 5.69 Å². The van der Waals surface area contributed by atoms with E-state index >= 15 is 0 Å². The van der Waals surface area contributed by atoms with E-state index in [0.29, 0.717) is 11.4 Å². The number of nitrogens with one attached hydrogen (secondary N) is 1. The first-order chi connectivity index (χ1) is 7.39. The molecule has 1 rings (SSSR count). The van der Waals surface area contributed by atoms with Crippen molar-refractivity contribution in [2.45, 2.75) is 32.7 Å². The molecule has 3 nitrogen and oxygen atoms in total. The molecule has 0 bridgehead atoms. The molecule has 0 saturated carbocycles. The molecule has 0 aliphatic carbocycles. The van der Waals surface area contributed by atoms with Crippen LogP contribution in [0.25, 0.3) is 0 Å². The highest BCUT2D eigenvalue weighted by Crippen LogP contribution is 2.25. The van der Waals surface area contributed by atoms with Gasteiger partial charge in [0.15, 0.2) is 0 Å². The van der Waals surface area contributed by atoms with Crippen LogP contribution in [0.3, 0.4) is 0 Å². The molecular weight excluding hydrogens is 226 g/mol. The Kier molecular flexibility index (Phi) is 3.81. The lowest BCUT2D eigenvalue weighted by Gasteiger charge is -2.27. The van der Waals surface area contributed by atoms with Gasteiger partial charge in [0.25, 0.3) is 0 Å². The van der Waals surface area contributed by atoms with Gasteiger partial charge in [0.1, 0.15) is 5.54 Å². The van der Waals surface area contributed by atoms with Gasteiger partial charge in [0, 0.05) is 10.7 Å².